The van der Waals surface area contributed by atoms with Crippen molar-refractivity contribution in [1.29, 1.82) is 0 Å². The first-order valence-corrected chi connectivity index (χ1v) is 8.77. The minimum atomic E-state index is 0.203. The molecule has 0 saturated carbocycles. The summed E-state index contributed by atoms with van der Waals surface area (Å²) in [6, 6.07) is 0.303. The molecule has 6 heteroatoms. The van der Waals surface area contributed by atoms with Crippen molar-refractivity contribution in [1.82, 2.24) is 14.9 Å². The van der Waals surface area contributed by atoms with E-state index in [1.54, 1.807) is 0 Å². The van der Waals surface area contributed by atoms with E-state index in [4.69, 9.17) is 9.97 Å². The number of anilines is 2. The molecule has 1 N–H and O–H groups in total. The van der Waals surface area contributed by atoms with Crippen LogP contribution >= 0.6 is 0 Å². The summed E-state index contributed by atoms with van der Waals surface area (Å²) in [5.41, 5.74) is 2.19. The third-order valence-electron chi connectivity index (χ3n) is 4.52. The quantitative estimate of drug-likeness (QED) is 0.922. The Morgan fingerprint density at radius 2 is 1.96 bits per heavy atom. The van der Waals surface area contributed by atoms with E-state index in [0.717, 1.165) is 49.1 Å². The van der Waals surface area contributed by atoms with E-state index in [2.05, 4.69) is 24.1 Å². The molecule has 126 valence electrons. The smallest absolute Gasteiger partial charge is 0.227 e. The normalized spacial score (nSPS) is 17.6. The molecule has 1 aromatic heterocycles. The number of hydrogen-bond donors (Lipinski definition) is 1. The third-order valence-corrected chi connectivity index (χ3v) is 4.52. The van der Waals surface area contributed by atoms with Crippen LogP contribution in [0.25, 0.3) is 0 Å². The number of amides is 1. The number of nitrogens with zero attached hydrogens (tertiary/aromatic N) is 4. The highest BCUT2D eigenvalue weighted by Crippen LogP contribution is 2.28. The van der Waals surface area contributed by atoms with Crippen molar-refractivity contribution in [3.05, 3.63) is 11.3 Å². The average molecular weight is 317 g/mol. The van der Waals surface area contributed by atoms with Gasteiger partial charge in [0, 0.05) is 44.1 Å². The molecule has 0 aliphatic carbocycles. The van der Waals surface area contributed by atoms with Gasteiger partial charge in [-0.3, -0.25) is 4.79 Å². The molecule has 0 radical (unpaired) electrons. The van der Waals surface area contributed by atoms with Crippen molar-refractivity contribution < 1.29 is 4.79 Å². The number of carbonyl (C=O) groups excluding carboxylic acids is 1. The van der Waals surface area contributed by atoms with Crippen molar-refractivity contribution >= 4 is 17.7 Å². The molecule has 6 nitrogen and oxygen atoms in total. The van der Waals surface area contributed by atoms with Gasteiger partial charge in [0.15, 0.2) is 0 Å². The number of hydrogen-bond acceptors (Lipinski definition) is 5. The maximum absolute atomic E-state index is 12.0. The van der Waals surface area contributed by atoms with E-state index in [1.165, 1.54) is 12.8 Å². The van der Waals surface area contributed by atoms with Gasteiger partial charge in [0.1, 0.15) is 5.82 Å². The summed E-state index contributed by atoms with van der Waals surface area (Å²) in [4.78, 5) is 25.9. The van der Waals surface area contributed by atoms with Gasteiger partial charge in [0.05, 0.1) is 12.2 Å². The van der Waals surface area contributed by atoms with Crippen LogP contribution < -0.4 is 10.2 Å². The molecule has 0 aromatic carbocycles. The summed E-state index contributed by atoms with van der Waals surface area (Å²) in [5, 5.41) is 3.46. The minimum absolute atomic E-state index is 0.203. The van der Waals surface area contributed by atoms with Crippen molar-refractivity contribution in [2.24, 2.45) is 0 Å². The van der Waals surface area contributed by atoms with E-state index < -0.39 is 0 Å². The van der Waals surface area contributed by atoms with Crippen molar-refractivity contribution in [3.63, 3.8) is 0 Å². The third kappa shape index (κ3) is 3.41. The predicted octanol–water partition coefficient (Wildman–Crippen LogP) is 2.19. The first kappa shape index (κ1) is 16.0. The zero-order valence-corrected chi connectivity index (χ0v) is 14.4. The molecule has 1 amide bonds. The maximum Gasteiger partial charge on any atom is 0.227 e. The summed E-state index contributed by atoms with van der Waals surface area (Å²) in [7, 11) is 0. The fourth-order valence-corrected chi connectivity index (χ4v) is 3.29. The molecule has 0 unspecified atom stereocenters. The zero-order valence-electron chi connectivity index (χ0n) is 14.4. The highest BCUT2D eigenvalue weighted by molar-refractivity contribution is 5.76. The van der Waals surface area contributed by atoms with Crippen LogP contribution in [0, 0.1) is 0 Å². The predicted molar refractivity (Wildman–Crippen MR) is 91.6 cm³/mol. The van der Waals surface area contributed by atoms with Crippen LogP contribution in [0.3, 0.4) is 0 Å². The molecule has 3 heterocycles. The van der Waals surface area contributed by atoms with Crippen LogP contribution in [-0.2, 0) is 17.8 Å². The first-order valence-electron chi connectivity index (χ1n) is 8.77. The van der Waals surface area contributed by atoms with Gasteiger partial charge in [0.2, 0.25) is 11.9 Å². The molecule has 2 aliphatic heterocycles. The lowest BCUT2D eigenvalue weighted by molar-refractivity contribution is -0.131. The Bertz CT molecular complexity index is 581. The number of rotatable bonds is 4. The Balaban J connectivity index is 1.93. The standard InChI is InChI=1S/C17H27N5O/c1-4-15(23)22-10-7-14-13(11-22)16(18-12(2)3)20-17(19-14)21-8-5-6-9-21/h12H,4-11H2,1-3H3,(H,18,19,20). The number of aromatic nitrogens is 2. The van der Waals surface area contributed by atoms with Gasteiger partial charge in [-0.05, 0) is 26.7 Å². The van der Waals surface area contributed by atoms with Crippen molar-refractivity contribution in [3.8, 4) is 0 Å². The van der Waals surface area contributed by atoms with E-state index in [1.807, 2.05) is 11.8 Å². The van der Waals surface area contributed by atoms with Crippen LogP contribution in [0.2, 0.25) is 0 Å². The Hall–Kier alpha value is -1.85. The second-order valence-electron chi connectivity index (χ2n) is 6.71. The highest BCUT2D eigenvalue weighted by atomic mass is 16.2. The number of fused-ring (bicyclic) bond motifs is 1. The monoisotopic (exact) mass is 317 g/mol. The highest BCUT2D eigenvalue weighted by Gasteiger charge is 2.26. The van der Waals surface area contributed by atoms with Gasteiger partial charge in [-0.15, -0.1) is 0 Å². The molecule has 3 rings (SSSR count). The number of nitrogens with one attached hydrogen (secondary N) is 1. The van der Waals surface area contributed by atoms with Gasteiger partial charge in [0.25, 0.3) is 0 Å². The summed E-state index contributed by atoms with van der Waals surface area (Å²) < 4.78 is 0. The SMILES string of the molecule is CCC(=O)N1CCc2nc(N3CCCC3)nc(NC(C)C)c2C1. The van der Waals surface area contributed by atoms with Crippen LogP contribution in [0.5, 0.6) is 0 Å². The molecule has 1 saturated heterocycles. The Morgan fingerprint density at radius 3 is 2.61 bits per heavy atom. The Kier molecular flexibility index (Phi) is 4.68. The van der Waals surface area contributed by atoms with Crippen LogP contribution in [-0.4, -0.2) is 46.5 Å². The minimum Gasteiger partial charge on any atom is -0.367 e. The topological polar surface area (TPSA) is 61.4 Å². The fourth-order valence-electron chi connectivity index (χ4n) is 3.29. The maximum atomic E-state index is 12.0. The molecule has 2 aliphatic rings. The lowest BCUT2D eigenvalue weighted by atomic mass is 10.1. The molecule has 1 fully saturated rings. The largest absolute Gasteiger partial charge is 0.367 e. The molecule has 23 heavy (non-hydrogen) atoms. The summed E-state index contributed by atoms with van der Waals surface area (Å²) in [6.07, 6.45) is 3.80. The Morgan fingerprint density at radius 1 is 1.22 bits per heavy atom. The van der Waals surface area contributed by atoms with Crippen LogP contribution in [0.4, 0.5) is 11.8 Å². The van der Waals surface area contributed by atoms with E-state index >= 15 is 0 Å². The van der Waals surface area contributed by atoms with E-state index in [0.29, 0.717) is 19.0 Å². The summed E-state index contributed by atoms with van der Waals surface area (Å²) in [6.45, 7) is 9.61. The first-order chi connectivity index (χ1) is 11.1. The van der Waals surface area contributed by atoms with Crippen LogP contribution in [0.15, 0.2) is 0 Å². The van der Waals surface area contributed by atoms with Gasteiger partial charge >= 0.3 is 0 Å². The summed E-state index contributed by atoms with van der Waals surface area (Å²) in [5.74, 6) is 1.95. The van der Waals surface area contributed by atoms with Gasteiger partial charge in [-0.25, -0.2) is 4.98 Å². The lowest BCUT2D eigenvalue weighted by Gasteiger charge is -2.31. The number of carbonyl (C=O) groups is 1. The molecule has 1 aromatic rings. The second kappa shape index (κ2) is 6.72. The molecule has 0 bridgehead atoms. The average Bonchev–Trinajstić information content (AvgIpc) is 3.07. The molecular formula is C17H27N5O. The van der Waals surface area contributed by atoms with E-state index in [9.17, 15) is 4.79 Å². The van der Waals surface area contributed by atoms with E-state index in [-0.39, 0.29) is 5.91 Å². The molecule has 0 spiro atoms. The van der Waals surface area contributed by atoms with Gasteiger partial charge < -0.3 is 15.1 Å². The van der Waals surface area contributed by atoms with Crippen molar-refractivity contribution in [2.75, 3.05) is 29.9 Å². The fraction of sp³-hybridized carbons (Fsp3) is 0.706. The van der Waals surface area contributed by atoms with Crippen LogP contribution in [0.1, 0.15) is 51.3 Å². The van der Waals surface area contributed by atoms with Gasteiger partial charge in [-0.2, -0.15) is 4.98 Å². The lowest BCUT2D eigenvalue weighted by Crippen LogP contribution is -2.37. The Labute approximate surface area is 138 Å². The van der Waals surface area contributed by atoms with Crippen molar-refractivity contribution in [2.45, 2.75) is 59.0 Å². The molecule has 0 atom stereocenters. The second-order valence-corrected chi connectivity index (χ2v) is 6.71. The molecular weight excluding hydrogens is 290 g/mol. The summed E-state index contributed by atoms with van der Waals surface area (Å²) >= 11 is 0. The zero-order chi connectivity index (χ0) is 16.4. The van der Waals surface area contributed by atoms with Gasteiger partial charge in [-0.1, -0.05) is 6.92 Å².